The molecule has 0 radical (unpaired) electrons. The largest absolute Gasteiger partial charge is 0.463 e. The number of rotatable bonds is 9. The summed E-state index contributed by atoms with van der Waals surface area (Å²) in [5, 5.41) is 6.31. The highest BCUT2D eigenvalue weighted by Gasteiger charge is 2.40. The maximum Gasteiger partial charge on any atom is 0.338 e. The van der Waals surface area contributed by atoms with Crippen LogP contribution in [0.5, 0.6) is 0 Å². The summed E-state index contributed by atoms with van der Waals surface area (Å²) in [6.45, 7) is 12.7. The number of carbonyl (C=O) groups excluding carboxylic acids is 3. The van der Waals surface area contributed by atoms with Gasteiger partial charge in [-0.15, -0.1) is 6.58 Å². The highest BCUT2D eigenvalue weighted by atomic mass is 35.5. The molecule has 2 heterocycles. The van der Waals surface area contributed by atoms with Crippen LogP contribution in [0.4, 0.5) is 9.59 Å². The van der Waals surface area contributed by atoms with Crippen LogP contribution >= 0.6 is 11.6 Å². The molecule has 0 spiro atoms. The Morgan fingerprint density at radius 1 is 1.28 bits per heavy atom. The normalized spacial score (nSPS) is 20.7. The van der Waals surface area contributed by atoms with E-state index in [2.05, 4.69) is 22.1 Å². The van der Waals surface area contributed by atoms with E-state index in [1.807, 2.05) is 24.8 Å². The summed E-state index contributed by atoms with van der Waals surface area (Å²) in [5.74, 6) is -0.503. The van der Waals surface area contributed by atoms with Gasteiger partial charge in [-0.1, -0.05) is 42.8 Å². The van der Waals surface area contributed by atoms with Gasteiger partial charge in [0.15, 0.2) is 0 Å². The molecule has 2 aliphatic rings. The molecule has 0 aliphatic carbocycles. The Kier molecular flexibility index (Phi) is 9.78. The van der Waals surface area contributed by atoms with Crippen LogP contribution in [0.15, 0.2) is 48.2 Å². The highest BCUT2D eigenvalue weighted by molar-refractivity contribution is 6.31. The van der Waals surface area contributed by atoms with Crippen molar-refractivity contribution in [1.82, 2.24) is 25.3 Å². The number of nitrogens with one attached hydrogen (secondary N) is 2. The third-order valence-corrected chi connectivity index (χ3v) is 6.68. The van der Waals surface area contributed by atoms with Crippen molar-refractivity contribution in [3.63, 3.8) is 0 Å². The van der Waals surface area contributed by atoms with E-state index in [-0.39, 0.29) is 31.3 Å². The van der Waals surface area contributed by atoms with E-state index >= 15 is 0 Å². The number of carbonyl (C=O) groups is 3. The van der Waals surface area contributed by atoms with E-state index in [4.69, 9.17) is 16.3 Å². The molecule has 0 unspecified atom stereocenters. The number of amides is 4. The molecule has 1 aromatic rings. The monoisotopic (exact) mass is 517 g/mol. The Morgan fingerprint density at radius 2 is 2.03 bits per heavy atom. The number of esters is 1. The molecule has 2 aliphatic heterocycles. The minimum absolute atomic E-state index is 0.0353. The summed E-state index contributed by atoms with van der Waals surface area (Å²) in [5.41, 5.74) is 1.53. The van der Waals surface area contributed by atoms with Crippen molar-refractivity contribution in [2.24, 2.45) is 0 Å². The van der Waals surface area contributed by atoms with Crippen LogP contribution in [0.3, 0.4) is 0 Å². The molecule has 3 rings (SSSR count). The lowest BCUT2D eigenvalue weighted by Crippen LogP contribution is -2.58. The lowest BCUT2D eigenvalue weighted by molar-refractivity contribution is -0.139. The Morgan fingerprint density at radius 3 is 2.67 bits per heavy atom. The fourth-order valence-corrected chi connectivity index (χ4v) is 4.86. The molecule has 9 nitrogen and oxygen atoms in total. The first kappa shape index (κ1) is 27.5. The Balaban J connectivity index is 1.97. The molecular weight excluding hydrogens is 482 g/mol. The number of benzene rings is 1. The summed E-state index contributed by atoms with van der Waals surface area (Å²) in [6.07, 6.45) is 2.50. The number of urea groups is 2. The van der Waals surface area contributed by atoms with E-state index in [1.165, 1.54) is 4.90 Å². The van der Waals surface area contributed by atoms with Gasteiger partial charge in [0.25, 0.3) is 0 Å². The molecule has 0 saturated carbocycles. The van der Waals surface area contributed by atoms with Crippen LogP contribution < -0.4 is 10.6 Å². The minimum atomic E-state index is -0.750. The van der Waals surface area contributed by atoms with Gasteiger partial charge in [0.05, 0.1) is 18.2 Å². The van der Waals surface area contributed by atoms with Gasteiger partial charge in [0, 0.05) is 56.0 Å². The number of nitrogens with zero attached hydrogens (tertiary/aromatic N) is 3. The molecule has 1 fully saturated rings. The predicted molar refractivity (Wildman–Crippen MR) is 140 cm³/mol. The molecule has 0 bridgehead atoms. The van der Waals surface area contributed by atoms with Gasteiger partial charge in [-0.2, -0.15) is 0 Å². The van der Waals surface area contributed by atoms with E-state index < -0.39 is 12.0 Å². The van der Waals surface area contributed by atoms with Crippen LogP contribution in [0.2, 0.25) is 5.02 Å². The lowest BCUT2D eigenvalue weighted by atomic mass is 9.94. The number of piperazine rings is 1. The van der Waals surface area contributed by atoms with E-state index in [0.717, 1.165) is 6.42 Å². The van der Waals surface area contributed by atoms with Crippen LogP contribution in [0, 0.1) is 0 Å². The van der Waals surface area contributed by atoms with Gasteiger partial charge in [0.1, 0.15) is 0 Å². The maximum absolute atomic E-state index is 13.3. The SMILES string of the molecule is C=CCN1C(=O)N[C@@H](c2ccccc2Cl)C(C(=O)OCC)=C1CN1CCN(C(=O)NCCC)[C@@H](C)C1. The van der Waals surface area contributed by atoms with Gasteiger partial charge < -0.3 is 20.3 Å². The zero-order valence-electron chi connectivity index (χ0n) is 21.3. The predicted octanol–water partition coefficient (Wildman–Crippen LogP) is 3.54. The minimum Gasteiger partial charge on any atom is -0.463 e. The van der Waals surface area contributed by atoms with Crippen molar-refractivity contribution in [3.05, 3.63) is 58.8 Å². The number of halogens is 1. The zero-order valence-corrected chi connectivity index (χ0v) is 22.0. The topological polar surface area (TPSA) is 94.2 Å². The first-order valence-corrected chi connectivity index (χ1v) is 12.8. The van der Waals surface area contributed by atoms with Crippen LogP contribution in [-0.2, 0) is 9.53 Å². The summed E-state index contributed by atoms with van der Waals surface area (Å²) in [7, 11) is 0. The number of hydrogen-bond acceptors (Lipinski definition) is 5. The quantitative estimate of drug-likeness (QED) is 0.386. The van der Waals surface area contributed by atoms with Gasteiger partial charge in [-0.3, -0.25) is 9.80 Å². The second kappa shape index (κ2) is 12.8. The Hall–Kier alpha value is -3.04. The second-order valence-corrected chi connectivity index (χ2v) is 9.30. The van der Waals surface area contributed by atoms with Crippen LogP contribution in [-0.4, -0.2) is 84.6 Å². The molecule has 2 N–H and O–H groups in total. The Bertz CT molecular complexity index is 1010. The maximum atomic E-state index is 13.3. The third-order valence-electron chi connectivity index (χ3n) is 6.33. The summed E-state index contributed by atoms with van der Waals surface area (Å²) < 4.78 is 5.44. The fraction of sp³-hybridized carbons (Fsp3) is 0.500. The van der Waals surface area contributed by atoms with Crippen molar-refractivity contribution >= 4 is 29.6 Å². The molecule has 1 saturated heterocycles. The summed E-state index contributed by atoms with van der Waals surface area (Å²) in [4.78, 5) is 44.6. The summed E-state index contributed by atoms with van der Waals surface area (Å²) in [6, 6.07) is 5.94. The average molecular weight is 518 g/mol. The van der Waals surface area contributed by atoms with Crippen molar-refractivity contribution in [2.75, 3.05) is 45.9 Å². The van der Waals surface area contributed by atoms with Gasteiger partial charge in [-0.25, -0.2) is 14.4 Å². The van der Waals surface area contributed by atoms with Crippen LogP contribution in [0.25, 0.3) is 0 Å². The van der Waals surface area contributed by atoms with E-state index in [0.29, 0.717) is 54.6 Å². The van der Waals surface area contributed by atoms with Crippen molar-refractivity contribution in [2.45, 2.75) is 39.3 Å². The fourth-order valence-electron chi connectivity index (χ4n) is 4.61. The Labute approximate surface area is 218 Å². The van der Waals surface area contributed by atoms with Crippen molar-refractivity contribution in [3.8, 4) is 0 Å². The molecule has 0 aromatic heterocycles. The van der Waals surface area contributed by atoms with E-state index in [9.17, 15) is 14.4 Å². The molecular formula is C26H36ClN5O4. The highest BCUT2D eigenvalue weighted by Crippen LogP contribution is 2.35. The third kappa shape index (κ3) is 6.20. The van der Waals surface area contributed by atoms with Gasteiger partial charge in [0.2, 0.25) is 0 Å². The van der Waals surface area contributed by atoms with Gasteiger partial charge in [-0.05, 0) is 31.9 Å². The standard InChI is InChI=1S/C26H36ClN5O4/c1-5-12-28-25(34)31-15-14-30(16-18(31)4)17-21-22(24(33)36-7-3)23(19-10-8-9-11-20(19)27)29-26(35)32(21)13-6-2/h6,8-11,18,23H,2,5,7,12-17H2,1,3-4H3,(H,28,34)(H,29,35)/t18-,23-/m0/s1. The van der Waals surface area contributed by atoms with Crippen molar-refractivity contribution in [1.29, 1.82) is 0 Å². The summed E-state index contributed by atoms with van der Waals surface area (Å²) >= 11 is 6.48. The molecule has 4 amide bonds. The molecule has 10 heteroatoms. The molecule has 196 valence electrons. The average Bonchev–Trinajstić information content (AvgIpc) is 2.85. The van der Waals surface area contributed by atoms with Gasteiger partial charge >= 0.3 is 18.0 Å². The zero-order chi connectivity index (χ0) is 26.2. The first-order chi connectivity index (χ1) is 17.3. The smallest absolute Gasteiger partial charge is 0.338 e. The first-order valence-electron chi connectivity index (χ1n) is 12.4. The number of ether oxygens (including phenoxy) is 1. The molecule has 36 heavy (non-hydrogen) atoms. The van der Waals surface area contributed by atoms with Crippen LogP contribution in [0.1, 0.15) is 38.8 Å². The van der Waals surface area contributed by atoms with E-state index in [1.54, 1.807) is 31.2 Å². The molecule has 1 aromatic carbocycles. The number of hydrogen-bond donors (Lipinski definition) is 2. The second-order valence-electron chi connectivity index (χ2n) is 8.89. The molecule has 2 atom stereocenters. The lowest BCUT2D eigenvalue weighted by Gasteiger charge is -2.42. The van der Waals surface area contributed by atoms with Crippen molar-refractivity contribution < 1.29 is 19.1 Å².